The lowest BCUT2D eigenvalue weighted by atomic mass is 9.88. The van der Waals surface area contributed by atoms with E-state index in [0.717, 1.165) is 12.1 Å². The number of carboxylic acids is 1. The van der Waals surface area contributed by atoms with Crippen LogP contribution in [0.25, 0.3) is 0 Å². The molecule has 0 aliphatic rings. The summed E-state index contributed by atoms with van der Waals surface area (Å²) in [6, 6.07) is 2.07. The average Bonchev–Trinajstić information content (AvgIpc) is 2.23. The summed E-state index contributed by atoms with van der Waals surface area (Å²) in [7, 11) is -4.26. The van der Waals surface area contributed by atoms with Crippen LogP contribution in [0, 0.1) is 11.2 Å². The Kier molecular flexibility index (Phi) is 4.94. The summed E-state index contributed by atoms with van der Waals surface area (Å²) in [5, 5.41) is 9.10. The van der Waals surface area contributed by atoms with Crippen LogP contribution in [-0.4, -0.2) is 25.5 Å². The zero-order valence-electron chi connectivity index (χ0n) is 11.1. The minimum atomic E-state index is -4.26. The Balaban J connectivity index is 3.20. The number of hydrogen-bond donors (Lipinski definition) is 2. The fourth-order valence-electron chi connectivity index (χ4n) is 1.51. The van der Waals surface area contributed by atoms with Gasteiger partial charge in [-0.15, -0.1) is 0 Å². The Bertz CT molecular complexity index is 625. The molecule has 1 rings (SSSR count). The summed E-state index contributed by atoms with van der Waals surface area (Å²) in [5.41, 5.74) is -0.856. The highest BCUT2D eigenvalue weighted by atomic mass is 79.9. The summed E-state index contributed by atoms with van der Waals surface area (Å²) < 4.78 is 40.3. The Morgan fingerprint density at radius 2 is 1.95 bits per heavy atom. The molecule has 8 heteroatoms. The van der Waals surface area contributed by atoms with E-state index in [0.29, 0.717) is 4.47 Å². The maximum atomic E-state index is 13.7. The molecular formula is C12H15BrFNO4S. The molecular weight excluding hydrogens is 353 g/mol. The monoisotopic (exact) mass is 367 g/mol. The molecule has 1 atom stereocenters. The predicted octanol–water partition coefficient (Wildman–Crippen LogP) is 2.37. The molecule has 0 fully saturated rings. The van der Waals surface area contributed by atoms with Gasteiger partial charge in [0.1, 0.15) is 16.8 Å². The van der Waals surface area contributed by atoms with Crippen LogP contribution < -0.4 is 4.72 Å². The van der Waals surface area contributed by atoms with E-state index in [-0.39, 0.29) is 0 Å². The first-order valence-corrected chi connectivity index (χ1v) is 7.93. The van der Waals surface area contributed by atoms with Gasteiger partial charge < -0.3 is 5.11 Å². The molecule has 5 nitrogen and oxygen atoms in total. The summed E-state index contributed by atoms with van der Waals surface area (Å²) in [5.74, 6) is -2.27. The van der Waals surface area contributed by atoms with Crippen molar-refractivity contribution < 1.29 is 22.7 Å². The molecule has 0 spiro atoms. The van der Waals surface area contributed by atoms with E-state index in [2.05, 4.69) is 15.9 Å². The summed E-state index contributed by atoms with van der Waals surface area (Å²) in [6.45, 7) is 4.73. The molecule has 0 bridgehead atoms. The number of hydrogen-bond acceptors (Lipinski definition) is 3. The fraction of sp³-hybridized carbons (Fsp3) is 0.417. The molecule has 0 aliphatic carbocycles. The molecule has 20 heavy (non-hydrogen) atoms. The van der Waals surface area contributed by atoms with Crippen LogP contribution in [-0.2, 0) is 14.8 Å². The van der Waals surface area contributed by atoms with Crippen molar-refractivity contribution in [2.24, 2.45) is 5.41 Å². The maximum absolute atomic E-state index is 13.7. The molecule has 2 N–H and O–H groups in total. The third-order valence-corrected chi connectivity index (χ3v) is 4.52. The van der Waals surface area contributed by atoms with Gasteiger partial charge in [-0.2, -0.15) is 4.72 Å². The topological polar surface area (TPSA) is 83.5 Å². The van der Waals surface area contributed by atoms with Gasteiger partial charge in [-0.3, -0.25) is 4.79 Å². The lowest BCUT2D eigenvalue weighted by Gasteiger charge is -2.27. The van der Waals surface area contributed by atoms with Crippen LogP contribution in [0.15, 0.2) is 27.6 Å². The van der Waals surface area contributed by atoms with E-state index in [1.807, 2.05) is 4.72 Å². The number of halogens is 2. The van der Waals surface area contributed by atoms with Crippen molar-refractivity contribution in [3.05, 3.63) is 28.5 Å². The zero-order valence-corrected chi connectivity index (χ0v) is 13.5. The van der Waals surface area contributed by atoms with Crippen LogP contribution in [0.4, 0.5) is 4.39 Å². The minimum absolute atomic E-state index is 0.388. The second-order valence-corrected chi connectivity index (χ2v) is 7.93. The van der Waals surface area contributed by atoms with Crippen LogP contribution in [0.5, 0.6) is 0 Å². The Hall–Kier alpha value is -0.990. The van der Waals surface area contributed by atoms with Crippen LogP contribution >= 0.6 is 15.9 Å². The van der Waals surface area contributed by atoms with Gasteiger partial charge in [-0.25, -0.2) is 12.8 Å². The van der Waals surface area contributed by atoms with Gasteiger partial charge in [0.05, 0.1) is 0 Å². The average molecular weight is 368 g/mol. The number of rotatable bonds is 4. The molecule has 0 saturated carbocycles. The van der Waals surface area contributed by atoms with Gasteiger partial charge in [0.25, 0.3) is 0 Å². The Labute approximate surface area is 125 Å². The summed E-state index contributed by atoms with van der Waals surface area (Å²) >= 11 is 3.02. The number of carboxylic acid groups (broad SMARTS) is 1. The Morgan fingerprint density at radius 1 is 1.40 bits per heavy atom. The van der Waals surface area contributed by atoms with E-state index in [1.54, 1.807) is 20.8 Å². The van der Waals surface area contributed by atoms with Crippen molar-refractivity contribution in [2.45, 2.75) is 31.7 Å². The van der Waals surface area contributed by atoms with Crippen molar-refractivity contribution in [3.8, 4) is 0 Å². The second kappa shape index (κ2) is 5.79. The molecule has 0 aliphatic heterocycles. The number of sulfonamides is 1. The third-order valence-electron chi connectivity index (χ3n) is 2.57. The van der Waals surface area contributed by atoms with Gasteiger partial charge in [0.15, 0.2) is 0 Å². The van der Waals surface area contributed by atoms with Gasteiger partial charge in [0.2, 0.25) is 10.0 Å². The molecule has 112 valence electrons. The van der Waals surface area contributed by atoms with Crippen molar-refractivity contribution in [3.63, 3.8) is 0 Å². The van der Waals surface area contributed by atoms with Gasteiger partial charge in [-0.05, 0) is 23.6 Å². The van der Waals surface area contributed by atoms with Gasteiger partial charge in [0, 0.05) is 4.47 Å². The van der Waals surface area contributed by atoms with Crippen LogP contribution in [0.2, 0.25) is 0 Å². The van der Waals surface area contributed by atoms with E-state index in [4.69, 9.17) is 5.11 Å². The van der Waals surface area contributed by atoms with Gasteiger partial charge in [-0.1, -0.05) is 36.7 Å². The molecule has 0 aromatic heterocycles. The second-order valence-electron chi connectivity index (χ2n) is 5.33. The molecule has 0 heterocycles. The highest BCUT2D eigenvalue weighted by Crippen LogP contribution is 2.24. The molecule has 0 amide bonds. The molecule has 0 saturated heterocycles. The van der Waals surface area contributed by atoms with Crippen molar-refractivity contribution in [1.82, 2.24) is 4.72 Å². The molecule has 1 aromatic rings. The molecule has 0 unspecified atom stereocenters. The highest BCUT2D eigenvalue weighted by molar-refractivity contribution is 9.10. The quantitative estimate of drug-likeness (QED) is 0.855. The number of carbonyl (C=O) groups is 1. The minimum Gasteiger partial charge on any atom is -0.480 e. The van der Waals surface area contributed by atoms with E-state index >= 15 is 0 Å². The van der Waals surface area contributed by atoms with Crippen LogP contribution in [0.3, 0.4) is 0 Å². The predicted molar refractivity (Wildman–Crippen MR) is 75.3 cm³/mol. The third kappa shape index (κ3) is 4.00. The zero-order chi connectivity index (χ0) is 15.7. The number of benzene rings is 1. The molecule has 0 radical (unpaired) electrons. The first kappa shape index (κ1) is 17.1. The van der Waals surface area contributed by atoms with Crippen molar-refractivity contribution >= 4 is 31.9 Å². The summed E-state index contributed by atoms with van der Waals surface area (Å²) in [4.78, 5) is 10.6. The number of nitrogens with one attached hydrogen (secondary N) is 1. The summed E-state index contributed by atoms with van der Waals surface area (Å²) in [6.07, 6.45) is 0. The Morgan fingerprint density at radius 3 is 2.35 bits per heavy atom. The van der Waals surface area contributed by atoms with Gasteiger partial charge >= 0.3 is 5.97 Å². The van der Waals surface area contributed by atoms with E-state index in [9.17, 15) is 17.6 Å². The largest absolute Gasteiger partial charge is 0.480 e. The lowest BCUT2D eigenvalue weighted by molar-refractivity contribution is -0.141. The lowest BCUT2D eigenvalue weighted by Crippen LogP contribution is -2.49. The van der Waals surface area contributed by atoms with E-state index < -0.39 is 38.2 Å². The fourth-order valence-corrected chi connectivity index (χ4v) is 3.30. The van der Waals surface area contributed by atoms with Crippen LogP contribution in [0.1, 0.15) is 20.8 Å². The van der Waals surface area contributed by atoms with Crippen molar-refractivity contribution in [2.75, 3.05) is 0 Å². The molecule has 1 aromatic carbocycles. The highest BCUT2D eigenvalue weighted by Gasteiger charge is 2.36. The van der Waals surface area contributed by atoms with Crippen molar-refractivity contribution in [1.29, 1.82) is 0 Å². The maximum Gasteiger partial charge on any atom is 0.322 e. The first-order chi connectivity index (χ1) is 8.95. The normalized spacial score (nSPS) is 14.1. The first-order valence-electron chi connectivity index (χ1n) is 5.65. The van der Waals surface area contributed by atoms with E-state index in [1.165, 1.54) is 6.07 Å². The number of aliphatic carboxylic acids is 1. The smallest absolute Gasteiger partial charge is 0.322 e. The standard InChI is InChI=1S/C12H15BrFNO4S/c1-12(2,3)10(11(16)17)15-20(18,19)9-5-4-7(13)6-8(9)14/h4-6,10,15H,1-3H3,(H,16,17)/t10-/m1/s1. The SMILES string of the molecule is CC(C)(C)[C@H](NS(=O)(=O)c1ccc(Br)cc1F)C(=O)O.